The Morgan fingerprint density at radius 3 is 2.94 bits per heavy atom. The second-order valence-corrected chi connectivity index (χ2v) is 4.75. The summed E-state index contributed by atoms with van der Waals surface area (Å²) in [6, 6.07) is 1.64. The number of halogens is 1. The molecule has 0 spiro atoms. The number of aromatic nitrogens is 1. The van der Waals surface area contributed by atoms with E-state index in [1.165, 1.54) is 25.5 Å². The van der Waals surface area contributed by atoms with Crippen molar-refractivity contribution in [2.45, 2.75) is 19.3 Å². The molecule has 1 amide bonds. The molecule has 0 unspecified atom stereocenters. The number of hydrogen-bond donors (Lipinski definition) is 0. The van der Waals surface area contributed by atoms with Crippen molar-refractivity contribution in [3.63, 3.8) is 0 Å². The number of amides is 1. The van der Waals surface area contributed by atoms with E-state index in [1.807, 2.05) is 7.05 Å². The highest BCUT2D eigenvalue weighted by Crippen LogP contribution is 2.27. The number of carbonyl (C=O) groups excluding carboxylic acids is 1. The Morgan fingerprint density at radius 2 is 2.38 bits per heavy atom. The molecule has 0 aromatic carbocycles. The molecule has 3 nitrogen and oxygen atoms in total. The highest BCUT2D eigenvalue weighted by atomic mass is 35.5. The van der Waals surface area contributed by atoms with Crippen molar-refractivity contribution in [2.24, 2.45) is 5.92 Å². The Balaban J connectivity index is 2.03. The topological polar surface area (TPSA) is 33.2 Å². The maximum atomic E-state index is 12.0. The van der Waals surface area contributed by atoms with E-state index in [-0.39, 0.29) is 5.91 Å². The third-order valence-corrected chi connectivity index (χ3v) is 3.43. The number of nitrogens with zero attached hydrogens (tertiary/aromatic N) is 2. The van der Waals surface area contributed by atoms with E-state index in [4.69, 9.17) is 11.6 Å². The minimum absolute atomic E-state index is 0.0370. The van der Waals surface area contributed by atoms with E-state index in [0.29, 0.717) is 16.5 Å². The first-order valence-corrected chi connectivity index (χ1v) is 5.91. The minimum atomic E-state index is -0.0370. The van der Waals surface area contributed by atoms with E-state index in [0.717, 1.165) is 6.54 Å². The molecule has 0 aliphatic heterocycles. The largest absolute Gasteiger partial charge is 0.341 e. The highest BCUT2D eigenvalue weighted by molar-refractivity contribution is 6.33. The van der Waals surface area contributed by atoms with Gasteiger partial charge in [0, 0.05) is 26.0 Å². The molecule has 16 heavy (non-hydrogen) atoms. The molecule has 4 heteroatoms. The van der Waals surface area contributed by atoms with Crippen molar-refractivity contribution < 1.29 is 4.79 Å². The second kappa shape index (κ2) is 4.83. The van der Waals surface area contributed by atoms with E-state index >= 15 is 0 Å². The second-order valence-electron chi connectivity index (χ2n) is 4.34. The van der Waals surface area contributed by atoms with Gasteiger partial charge in [-0.05, 0) is 24.8 Å². The molecule has 1 aromatic heterocycles. The molecule has 86 valence electrons. The van der Waals surface area contributed by atoms with E-state index in [9.17, 15) is 4.79 Å². The molecule has 1 fully saturated rings. The van der Waals surface area contributed by atoms with Crippen molar-refractivity contribution in [1.29, 1.82) is 0 Å². The van der Waals surface area contributed by atoms with E-state index in [2.05, 4.69) is 4.98 Å². The van der Waals surface area contributed by atoms with Crippen LogP contribution in [0.25, 0.3) is 0 Å². The van der Waals surface area contributed by atoms with Gasteiger partial charge in [0.05, 0.1) is 10.6 Å². The summed E-state index contributed by atoms with van der Waals surface area (Å²) in [6.45, 7) is 0.823. The Labute approximate surface area is 100 Å². The Morgan fingerprint density at radius 1 is 1.62 bits per heavy atom. The van der Waals surface area contributed by atoms with E-state index in [1.54, 1.807) is 17.2 Å². The average molecular weight is 239 g/mol. The van der Waals surface area contributed by atoms with Gasteiger partial charge in [-0.25, -0.2) is 0 Å². The van der Waals surface area contributed by atoms with Crippen LogP contribution in [0.2, 0.25) is 5.02 Å². The third kappa shape index (κ3) is 2.35. The maximum Gasteiger partial charge on any atom is 0.256 e. The fraction of sp³-hybridized carbons (Fsp3) is 0.500. The first kappa shape index (κ1) is 11.4. The third-order valence-electron chi connectivity index (χ3n) is 3.10. The number of rotatable bonds is 3. The van der Waals surface area contributed by atoms with Crippen molar-refractivity contribution in [3.8, 4) is 0 Å². The lowest BCUT2D eigenvalue weighted by atomic mass is 9.85. The zero-order valence-electron chi connectivity index (χ0n) is 9.32. The monoisotopic (exact) mass is 238 g/mol. The van der Waals surface area contributed by atoms with Crippen molar-refractivity contribution in [3.05, 3.63) is 29.0 Å². The van der Waals surface area contributed by atoms with Gasteiger partial charge in [-0.3, -0.25) is 9.78 Å². The molecular weight excluding hydrogens is 224 g/mol. The summed E-state index contributed by atoms with van der Waals surface area (Å²) in [5.74, 6) is 0.634. The van der Waals surface area contributed by atoms with Crippen LogP contribution in [0.5, 0.6) is 0 Å². The van der Waals surface area contributed by atoms with Gasteiger partial charge in [0.1, 0.15) is 0 Å². The van der Waals surface area contributed by atoms with Crippen LogP contribution >= 0.6 is 11.6 Å². The molecular formula is C12H15ClN2O. The quantitative estimate of drug-likeness (QED) is 0.811. The van der Waals surface area contributed by atoms with Crippen LogP contribution in [-0.2, 0) is 0 Å². The molecule has 0 bridgehead atoms. The van der Waals surface area contributed by atoms with Crippen LogP contribution in [0.3, 0.4) is 0 Å². The smallest absolute Gasteiger partial charge is 0.256 e. The molecule has 0 atom stereocenters. The first-order valence-electron chi connectivity index (χ1n) is 5.53. The van der Waals surface area contributed by atoms with Crippen LogP contribution in [0.1, 0.15) is 29.6 Å². The number of hydrogen-bond acceptors (Lipinski definition) is 2. The van der Waals surface area contributed by atoms with Crippen LogP contribution in [0.15, 0.2) is 18.5 Å². The molecule has 0 N–H and O–H groups in total. The SMILES string of the molecule is CN(CC1CCC1)C(=O)c1cnccc1Cl. The predicted molar refractivity (Wildman–Crippen MR) is 63.5 cm³/mol. The summed E-state index contributed by atoms with van der Waals surface area (Å²) >= 11 is 5.96. The number of pyridine rings is 1. The zero-order chi connectivity index (χ0) is 11.5. The summed E-state index contributed by atoms with van der Waals surface area (Å²) < 4.78 is 0. The van der Waals surface area contributed by atoms with Gasteiger partial charge in [-0.2, -0.15) is 0 Å². The lowest BCUT2D eigenvalue weighted by Crippen LogP contribution is -2.34. The summed E-state index contributed by atoms with van der Waals surface area (Å²) in [4.78, 5) is 17.7. The molecule has 1 aliphatic carbocycles. The van der Waals surface area contributed by atoms with Gasteiger partial charge in [0.15, 0.2) is 0 Å². The molecule has 2 rings (SSSR count). The minimum Gasteiger partial charge on any atom is -0.341 e. The van der Waals surface area contributed by atoms with Gasteiger partial charge in [0.25, 0.3) is 5.91 Å². The highest BCUT2D eigenvalue weighted by Gasteiger charge is 2.22. The lowest BCUT2D eigenvalue weighted by molar-refractivity contribution is 0.0745. The number of carbonyl (C=O) groups is 1. The van der Waals surface area contributed by atoms with E-state index < -0.39 is 0 Å². The predicted octanol–water partition coefficient (Wildman–Crippen LogP) is 2.61. The van der Waals surface area contributed by atoms with Gasteiger partial charge >= 0.3 is 0 Å². The fourth-order valence-corrected chi connectivity index (χ4v) is 2.07. The zero-order valence-corrected chi connectivity index (χ0v) is 10.1. The summed E-state index contributed by atoms with van der Waals surface area (Å²) in [5, 5.41) is 0.473. The van der Waals surface area contributed by atoms with Gasteiger partial charge in [0.2, 0.25) is 0 Å². The van der Waals surface area contributed by atoms with Gasteiger partial charge in [-0.15, -0.1) is 0 Å². The Hall–Kier alpha value is -1.09. The normalized spacial score (nSPS) is 15.6. The average Bonchev–Trinajstić information content (AvgIpc) is 2.23. The molecule has 0 saturated heterocycles. The molecule has 1 saturated carbocycles. The summed E-state index contributed by atoms with van der Waals surface area (Å²) in [7, 11) is 1.82. The van der Waals surface area contributed by atoms with Crippen molar-refractivity contribution in [2.75, 3.05) is 13.6 Å². The molecule has 1 heterocycles. The summed E-state index contributed by atoms with van der Waals surface area (Å²) in [5.41, 5.74) is 0.492. The first-order chi connectivity index (χ1) is 7.68. The maximum absolute atomic E-state index is 12.0. The summed E-state index contributed by atoms with van der Waals surface area (Å²) in [6.07, 6.45) is 6.88. The van der Waals surface area contributed by atoms with Crippen LogP contribution in [0, 0.1) is 5.92 Å². The van der Waals surface area contributed by atoms with Crippen LogP contribution < -0.4 is 0 Å². The Kier molecular flexibility index (Phi) is 3.44. The van der Waals surface area contributed by atoms with Crippen molar-refractivity contribution >= 4 is 17.5 Å². The standard InChI is InChI=1S/C12H15ClN2O/c1-15(8-9-3-2-4-9)12(16)10-7-14-6-5-11(10)13/h5-7,9H,2-4,8H2,1H3. The molecule has 1 aliphatic rings. The fourth-order valence-electron chi connectivity index (χ4n) is 1.89. The van der Waals surface area contributed by atoms with Crippen molar-refractivity contribution in [1.82, 2.24) is 9.88 Å². The van der Waals surface area contributed by atoms with Crippen LogP contribution in [0.4, 0.5) is 0 Å². The van der Waals surface area contributed by atoms with Gasteiger partial charge in [-0.1, -0.05) is 18.0 Å². The molecule has 1 aromatic rings. The molecule has 0 radical (unpaired) electrons. The lowest BCUT2D eigenvalue weighted by Gasteiger charge is -2.30. The Bertz CT molecular complexity index is 390. The van der Waals surface area contributed by atoms with Gasteiger partial charge < -0.3 is 4.90 Å². The van der Waals surface area contributed by atoms with Crippen LogP contribution in [-0.4, -0.2) is 29.4 Å².